The van der Waals surface area contributed by atoms with Gasteiger partial charge in [-0.05, 0) is 39.2 Å². The first-order chi connectivity index (χ1) is 13.9. The molecule has 1 aliphatic rings. The number of aliphatic imine (C=N–C) groups is 1. The molecular formula is C23H36N6. The van der Waals surface area contributed by atoms with Crippen molar-refractivity contribution in [3.63, 3.8) is 0 Å². The zero-order valence-corrected chi connectivity index (χ0v) is 18.5. The van der Waals surface area contributed by atoms with Gasteiger partial charge in [0.1, 0.15) is 0 Å². The molecule has 1 atom stereocenters. The average Bonchev–Trinajstić information content (AvgIpc) is 3.28. The van der Waals surface area contributed by atoms with Crippen LogP contribution in [0.25, 0.3) is 0 Å². The number of rotatable bonds is 7. The lowest BCUT2D eigenvalue weighted by Crippen LogP contribution is -2.54. The second kappa shape index (κ2) is 9.44. The van der Waals surface area contributed by atoms with Crippen molar-refractivity contribution in [2.75, 3.05) is 13.6 Å². The van der Waals surface area contributed by atoms with Gasteiger partial charge in [-0.3, -0.25) is 9.67 Å². The molecule has 1 aromatic heterocycles. The smallest absolute Gasteiger partial charge is 0.191 e. The molecule has 6 heteroatoms. The van der Waals surface area contributed by atoms with Crippen molar-refractivity contribution in [1.82, 2.24) is 25.7 Å². The van der Waals surface area contributed by atoms with Crippen LogP contribution in [0.3, 0.4) is 0 Å². The largest absolute Gasteiger partial charge is 0.355 e. The van der Waals surface area contributed by atoms with Crippen LogP contribution >= 0.6 is 0 Å². The van der Waals surface area contributed by atoms with Gasteiger partial charge in [0, 0.05) is 50.0 Å². The number of nitrogens with one attached hydrogen (secondary N) is 3. The van der Waals surface area contributed by atoms with E-state index in [0.29, 0.717) is 6.04 Å². The first kappa shape index (κ1) is 21.4. The predicted molar refractivity (Wildman–Crippen MR) is 120 cm³/mol. The summed E-state index contributed by atoms with van der Waals surface area (Å²) in [6, 6.07) is 11.0. The summed E-state index contributed by atoms with van der Waals surface area (Å²) in [7, 11) is 3.82. The number of hydrogen-bond donors (Lipinski definition) is 3. The molecule has 1 unspecified atom stereocenters. The fourth-order valence-electron chi connectivity index (χ4n) is 4.43. The summed E-state index contributed by atoms with van der Waals surface area (Å²) in [4.78, 5) is 4.44. The lowest BCUT2D eigenvalue weighted by atomic mass is 9.94. The number of guanidine groups is 1. The molecule has 3 N–H and O–H groups in total. The molecule has 1 heterocycles. The van der Waals surface area contributed by atoms with Crippen LogP contribution in [0.4, 0.5) is 0 Å². The zero-order valence-electron chi connectivity index (χ0n) is 18.5. The van der Waals surface area contributed by atoms with Gasteiger partial charge < -0.3 is 16.0 Å². The van der Waals surface area contributed by atoms with E-state index in [1.54, 1.807) is 0 Å². The van der Waals surface area contributed by atoms with Gasteiger partial charge in [-0.15, -0.1) is 0 Å². The Labute approximate surface area is 175 Å². The molecule has 29 heavy (non-hydrogen) atoms. The normalized spacial score (nSPS) is 17.3. The Morgan fingerprint density at radius 3 is 2.45 bits per heavy atom. The van der Waals surface area contributed by atoms with Crippen LogP contribution in [-0.2, 0) is 13.6 Å². The third-order valence-electron chi connectivity index (χ3n) is 6.29. The minimum Gasteiger partial charge on any atom is -0.355 e. The summed E-state index contributed by atoms with van der Waals surface area (Å²) in [5.41, 5.74) is 4.94. The molecule has 6 nitrogen and oxygen atoms in total. The maximum absolute atomic E-state index is 4.50. The van der Waals surface area contributed by atoms with Crippen LogP contribution in [-0.4, -0.2) is 34.9 Å². The first-order valence-corrected chi connectivity index (χ1v) is 10.7. The summed E-state index contributed by atoms with van der Waals surface area (Å²) >= 11 is 0. The average molecular weight is 397 g/mol. The van der Waals surface area contributed by atoms with Gasteiger partial charge in [0.05, 0.1) is 5.69 Å². The van der Waals surface area contributed by atoms with Crippen molar-refractivity contribution in [1.29, 1.82) is 0 Å². The number of hydrogen-bond acceptors (Lipinski definition) is 3. The third-order valence-corrected chi connectivity index (χ3v) is 6.29. The standard InChI is InChI=1S/C23H36N6/c1-17(20-11-7-6-8-12-20)27-23(13-9-10-14-23)16-26-22(24-4)25-15-21-18(2)28-29(5)19(21)3/h6-8,11-12,17,27H,9-10,13-16H2,1-5H3,(H2,24,25,26). The summed E-state index contributed by atoms with van der Waals surface area (Å²) in [6.07, 6.45) is 4.93. The quantitative estimate of drug-likeness (QED) is 0.496. The second-order valence-corrected chi connectivity index (χ2v) is 8.32. The summed E-state index contributed by atoms with van der Waals surface area (Å²) < 4.78 is 1.94. The fraction of sp³-hybridized carbons (Fsp3) is 0.565. The molecule has 0 aliphatic heterocycles. The molecular weight excluding hydrogens is 360 g/mol. The Bertz CT molecular complexity index is 817. The molecule has 0 bridgehead atoms. The lowest BCUT2D eigenvalue weighted by Gasteiger charge is -2.35. The van der Waals surface area contributed by atoms with Crippen LogP contribution in [0.5, 0.6) is 0 Å². The van der Waals surface area contributed by atoms with E-state index in [9.17, 15) is 0 Å². The predicted octanol–water partition coefficient (Wildman–Crippen LogP) is 3.37. The van der Waals surface area contributed by atoms with E-state index in [-0.39, 0.29) is 5.54 Å². The highest BCUT2D eigenvalue weighted by Crippen LogP contribution is 2.31. The van der Waals surface area contributed by atoms with Gasteiger partial charge in [-0.1, -0.05) is 43.2 Å². The molecule has 158 valence electrons. The Kier molecular flexibility index (Phi) is 6.96. The van der Waals surface area contributed by atoms with E-state index in [2.05, 4.69) is 77.1 Å². The Balaban J connectivity index is 1.60. The molecule has 0 spiro atoms. The second-order valence-electron chi connectivity index (χ2n) is 8.32. The zero-order chi connectivity index (χ0) is 20.9. The molecule has 1 aromatic carbocycles. The van der Waals surface area contributed by atoms with Gasteiger partial charge in [-0.25, -0.2) is 0 Å². The molecule has 2 aromatic rings. The van der Waals surface area contributed by atoms with Gasteiger partial charge in [-0.2, -0.15) is 5.10 Å². The number of nitrogens with zero attached hydrogens (tertiary/aromatic N) is 3. The maximum atomic E-state index is 4.50. The van der Waals surface area contributed by atoms with Crippen molar-refractivity contribution in [3.8, 4) is 0 Å². The van der Waals surface area contributed by atoms with Gasteiger partial charge in [0.2, 0.25) is 0 Å². The topological polar surface area (TPSA) is 66.3 Å². The molecule has 1 aliphatic carbocycles. The first-order valence-electron chi connectivity index (χ1n) is 10.7. The monoisotopic (exact) mass is 396 g/mol. The molecule has 1 saturated carbocycles. The highest BCUT2D eigenvalue weighted by Gasteiger charge is 2.35. The third kappa shape index (κ3) is 5.18. The highest BCUT2D eigenvalue weighted by molar-refractivity contribution is 5.79. The van der Waals surface area contributed by atoms with Gasteiger partial charge >= 0.3 is 0 Å². The fourth-order valence-corrected chi connectivity index (χ4v) is 4.43. The van der Waals surface area contributed by atoms with Crippen LogP contribution < -0.4 is 16.0 Å². The van der Waals surface area contributed by atoms with E-state index >= 15 is 0 Å². The Hall–Kier alpha value is -2.34. The van der Waals surface area contributed by atoms with Crippen molar-refractivity contribution < 1.29 is 0 Å². The van der Waals surface area contributed by atoms with Crippen molar-refractivity contribution in [2.45, 2.75) is 64.6 Å². The molecule has 0 amide bonds. The Morgan fingerprint density at radius 2 is 1.86 bits per heavy atom. The number of aryl methyl sites for hydroxylation is 2. The van der Waals surface area contributed by atoms with E-state index in [1.807, 2.05) is 18.8 Å². The Morgan fingerprint density at radius 1 is 1.17 bits per heavy atom. The SMILES string of the molecule is CN=C(NCc1c(C)nn(C)c1C)NCC1(NC(C)c2ccccc2)CCCC1. The summed E-state index contributed by atoms with van der Waals surface area (Å²) in [5.74, 6) is 0.841. The van der Waals surface area contributed by atoms with Crippen LogP contribution in [0.2, 0.25) is 0 Å². The molecule has 3 rings (SSSR count). The van der Waals surface area contributed by atoms with E-state index < -0.39 is 0 Å². The highest BCUT2D eigenvalue weighted by atomic mass is 15.3. The lowest BCUT2D eigenvalue weighted by molar-refractivity contribution is 0.297. The van der Waals surface area contributed by atoms with Crippen LogP contribution in [0.15, 0.2) is 35.3 Å². The van der Waals surface area contributed by atoms with E-state index in [4.69, 9.17) is 0 Å². The minimum atomic E-state index is 0.104. The summed E-state index contributed by atoms with van der Waals surface area (Å²) in [6.45, 7) is 8.02. The molecule has 0 radical (unpaired) electrons. The summed E-state index contributed by atoms with van der Waals surface area (Å²) in [5, 5.41) is 15.5. The maximum Gasteiger partial charge on any atom is 0.191 e. The van der Waals surface area contributed by atoms with Crippen LogP contribution in [0.1, 0.15) is 61.2 Å². The number of benzene rings is 1. The molecule has 0 saturated heterocycles. The van der Waals surface area contributed by atoms with Crippen molar-refractivity contribution in [2.24, 2.45) is 12.0 Å². The van der Waals surface area contributed by atoms with Crippen LogP contribution in [0, 0.1) is 13.8 Å². The molecule has 1 fully saturated rings. The minimum absolute atomic E-state index is 0.104. The van der Waals surface area contributed by atoms with Crippen molar-refractivity contribution >= 4 is 5.96 Å². The number of aromatic nitrogens is 2. The van der Waals surface area contributed by atoms with E-state index in [1.165, 1.54) is 42.5 Å². The van der Waals surface area contributed by atoms with Gasteiger partial charge in [0.15, 0.2) is 5.96 Å². The van der Waals surface area contributed by atoms with Crippen molar-refractivity contribution in [3.05, 3.63) is 52.8 Å². The van der Waals surface area contributed by atoms with E-state index in [0.717, 1.165) is 24.7 Å². The van der Waals surface area contributed by atoms with Gasteiger partial charge in [0.25, 0.3) is 0 Å².